The molecule has 4 nitrogen and oxygen atoms in total. The molecule has 0 saturated heterocycles. The van der Waals surface area contributed by atoms with Crippen molar-refractivity contribution in [1.29, 1.82) is 0 Å². The molecular weight excluding hydrogens is 374 g/mol. The van der Waals surface area contributed by atoms with E-state index in [1.165, 1.54) is 0 Å². The number of benzene rings is 3. The van der Waals surface area contributed by atoms with E-state index >= 15 is 0 Å². The summed E-state index contributed by atoms with van der Waals surface area (Å²) in [7, 11) is 0. The van der Waals surface area contributed by atoms with E-state index in [9.17, 15) is 9.59 Å². The van der Waals surface area contributed by atoms with Crippen molar-refractivity contribution < 1.29 is 9.21 Å². The SMILES string of the molecule is Cc1ccc(N2C(=O)c3oc4cc(C)c(C)cc4c(=O)c3C2c2ccccc2)cc1. The van der Waals surface area contributed by atoms with Crippen molar-refractivity contribution >= 4 is 22.6 Å². The van der Waals surface area contributed by atoms with Gasteiger partial charge in [0.15, 0.2) is 5.43 Å². The van der Waals surface area contributed by atoms with E-state index in [0.29, 0.717) is 16.5 Å². The Labute approximate surface area is 174 Å². The minimum Gasteiger partial charge on any atom is -0.450 e. The number of carbonyl (C=O) groups is 1. The Hall–Kier alpha value is -3.66. The fourth-order valence-electron chi connectivity index (χ4n) is 4.15. The molecule has 0 fully saturated rings. The lowest BCUT2D eigenvalue weighted by atomic mass is 9.97. The van der Waals surface area contributed by atoms with Crippen molar-refractivity contribution in [2.75, 3.05) is 4.90 Å². The van der Waals surface area contributed by atoms with Crippen LogP contribution in [0, 0.1) is 20.8 Å². The predicted molar refractivity (Wildman–Crippen MR) is 118 cm³/mol. The molecule has 1 atom stereocenters. The summed E-state index contributed by atoms with van der Waals surface area (Å²) < 4.78 is 6.07. The van der Waals surface area contributed by atoms with E-state index in [1.807, 2.05) is 87.5 Å². The summed E-state index contributed by atoms with van der Waals surface area (Å²) in [6, 6.07) is 20.6. The fraction of sp³-hybridized carbons (Fsp3) is 0.154. The number of fused-ring (bicyclic) bond motifs is 2. The Morgan fingerprint density at radius 2 is 1.50 bits per heavy atom. The Bertz CT molecular complexity index is 1350. The molecular formula is C26H21NO3. The third kappa shape index (κ3) is 2.68. The van der Waals surface area contributed by atoms with Crippen LogP contribution in [-0.4, -0.2) is 5.91 Å². The normalized spacial score (nSPS) is 15.6. The minimum absolute atomic E-state index is 0.130. The second kappa shape index (κ2) is 6.70. The molecule has 1 unspecified atom stereocenters. The van der Waals surface area contributed by atoms with Gasteiger partial charge in [0.05, 0.1) is 17.0 Å². The van der Waals surface area contributed by atoms with Crippen LogP contribution < -0.4 is 10.3 Å². The molecule has 30 heavy (non-hydrogen) atoms. The first-order valence-corrected chi connectivity index (χ1v) is 9.99. The Morgan fingerprint density at radius 3 is 2.20 bits per heavy atom. The monoisotopic (exact) mass is 395 g/mol. The van der Waals surface area contributed by atoms with Crippen LogP contribution in [0.25, 0.3) is 11.0 Å². The van der Waals surface area contributed by atoms with E-state index in [2.05, 4.69) is 0 Å². The Morgan fingerprint density at radius 1 is 0.833 bits per heavy atom. The highest BCUT2D eigenvalue weighted by molar-refractivity contribution is 6.10. The summed E-state index contributed by atoms with van der Waals surface area (Å²) >= 11 is 0. The van der Waals surface area contributed by atoms with Gasteiger partial charge in [-0.1, -0.05) is 48.0 Å². The second-order valence-corrected chi connectivity index (χ2v) is 7.93. The number of rotatable bonds is 2. The lowest BCUT2D eigenvalue weighted by Gasteiger charge is -2.25. The highest BCUT2D eigenvalue weighted by Crippen LogP contribution is 2.41. The Balaban J connectivity index is 1.83. The summed E-state index contributed by atoms with van der Waals surface area (Å²) in [5.41, 5.74) is 5.46. The van der Waals surface area contributed by atoms with Gasteiger partial charge in [-0.2, -0.15) is 0 Å². The number of carbonyl (C=O) groups excluding carboxylic acids is 1. The molecule has 4 aromatic rings. The number of hydrogen-bond donors (Lipinski definition) is 0. The highest BCUT2D eigenvalue weighted by Gasteiger charge is 2.43. The predicted octanol–water partition coefficient (Wildman–Crippen LogP) is 5.47. The van der Waals surface area contributed by atoms with Crippen LogP contribution in [0.5, 0.6) is 0 Å². The molecule has 3 aromatic carbocycles. The van der Waals surface area contributed by atoms with Gasteiger partial charge >= 0.3 is 0 Å². The highest BCUT2D eigenvalue weighted by atomic mass is 16.3. The van der Waals surface area contributed by atoms with E-state index in [1.54, 1.807) is 4.90 Å². The smallest absolute Gasteiger partial charge is 0.295 e. The van der Waals surface area contributed by atoms with Crippen molar-refractivity contribution in [2.45, 2.75) is 26.8 Å². The summed E-state index contributed by atoms with van der Waals surface area (Å²) in [6.45, 7) is 5.94. The average molecular weight is 395 g/mol. The zero-order chi connectivity index (χ0) is 21.0. The van der Waals surface area contributed by atoms with E-state index in [4.69, 9.17) is 4.42 Å². The fourth-order valence-corrected chi connectivity index (χ4v) is 4.15. The molecule has 4 heteroatoms. The maximum absolute atomic E-state index is 13.6. The maximum atomic E-state index is 13.6. The van der Waals surface area contributed by atoms with Gasteiger partial charge in [-0.15, -0.1) is 0 Å². The number of hydrogen-bond acceptors (Lipinski definition) is 3. The number of amides is 1. The first-order chi connectivity index (χ1) is 14.5. The molecule has 0 radical (unpaired) electrons. The van der Waals surface area contributed by atoms with Crippen LogP contribution in [-0.2, 0) is 0 Å². The van der Waals surface area contributed by atoms with Crippen LogP contribution in [0.3, 0.4) is 0 Å². The number of nitrogens with zero attached hydrogens (tertiary/aromatic N) is 1. The zero-order valence-corrected chi connectivity index (χ0v) is 17.1. The third-order valence-electron chi connectivity index (χ3n) is 5.91. The number of anilines is 1. The lowest BCUT2D eigenvalue weighted by molar-refractivity contribution is 0.0971. The third-order valence-corrected chi connectivity index (χ3v) is 5.91. The van der Waals surface area contributed by atoms with Crippen LogP contribution in [0.1, 0.15) is 44.4 Å². The Kier molecular flexibility index (Phi) is 4.10. The molecule has 148 valence electrons. The molecule has 1 amide bonds. The standard InChI is InChI=1S/C26H21NO3/c1-15-9-11-19(12-10-15)27-23(18-7-5-4-6-8-18)22-24(28)20-13-16(2)17(3)14-21(20)30-25(22)26(27)29/h4-14,23H,1-3H3. The maximum Gasteiger partial charge on any atom is 0.295 e. The quantitative estimate of drug-likeness (QED) is 0.452. The molecule has 0 N–H and O–H groups in total. The average Bonchev–Trinajstić information content (AvgIpc) is 3.04. The van der Waals surface area contributed by atoms with Gasteiger partial charge in [-0.3, -0.25) is 14.5 Å². The zero-order valence-electron chi connectivity index (χ0n) is 17.1. The molecule has 1 aliphatic heterocycles. The summed E-state index contributed by atoms with van der Waals surface area (Å²) in [6.07, 6.45) is 0. The van der Waals surface area contributed by atoms with E-state index in [-0.39, 0.29) is 17.1 Å². The first-order valence-electron chi connectivity index (χ1n) is 9.99. The van der Waals surface area contributed by atoms with Crippen molar-refractivity contribution in [3.63, 3.8) is 0 Å². The van der Waals surface area contributed by atoms with Crippen LogP contribution >= 0.6 is 0 Å². The molecule has 1 aromatic heterocycles. The molecule has 0 spiro atoms. The summed E-state index contributed by atoms with van der Waals surface area (Å²) in [5, 5.41) is 0.510. The second-order valence-electron chi connectivity index (χ2n) is 7.93. The molecule has 0 saturated carbocycles. The largest absolute Gasteiger partial charge is 0.450 e. The molecule has 0 bridgehead atoms. The molecule has 0 aliphatic carbocycles. The van der Waals surface area contributed by atoms with Gasteiger partial charge < -0.3 is 4.42 Å². The van der Waals surface area contributed by atoms with Gasteiger partial charge in [-0.25, -0.2) is 0 Å². The van der Waals surface area contributed by atoms with Crippen LogP contribution in [0.2, 0.25) is 0 Å². The van der Waals surface area contributed by atoms with Crippen molar-refractivity contribution in [3.8, 4) is 0 Å². The summed E-state index contributed by atoms with van der Waals surface area (Å²) in [5.74, 6) is -0.162. The van der Waals surface area contributed by atoms with Gasteiger partial charge in [-0.05, 0) is 61.7 Å². The summed E-state index contributed by atoms with van der Waals surface area (Å²) in [4.78, 5) is 28.8. The number of aryl methyl sites for hydroxylation is 3. The van der Waals surface area contributed by atoms with Gasteiger partial charge in [0, 0.05) is 5.69 Å². The topological polar surface area (TPSA) is 50.5 Å². The van der Waals surface area contributed by atoms with Gasteiger partial charge in [0.25, 0.3) is 5.91 Å². The molecule has 1 aliphatic rings. The van der Waals surface area contributed by atoms with Gasteiger partial charge in [0.1, 0.15) is 5.58 Å². The molecule has 2 heterocycles. The lowest BCUT2D eigenvalue weighted by Crippen LogP contribution is -2.29. The van der Waals surface area contributed by atoms with Crippen molar-refractivity contribution in [2.24, 2.45) is 0 Å². The minimum atomic E-state index is -0.529. The van der Waals surface area contributed by atoms with Crippen molar-refractivity contribution in [3.05, 3.63) is 111 Å². The first kappa shape index (κ1) is 18.4. The van der Waals surface area contributed by atoms with E-state index in [0.717, 1.165) is 27.9 Å². The van der Waals surface area contributed by atoms with E-state index < -0.39 is 6.04 Å². The van der Waals surface area contributed by atoms with Crippen LogP contribution in [0.15, 0.2) is 75.9 Å². The van der Waals surface area contributed by atoms with Crippen LogP contribution in [0.4, 0.5) is 5.69 Å². The van der Waals surface area contributed by atoms with Crippen molar-refractivity contribution in [1.82, 2.24) is 0 Å². The molecule has 5 rings (SSSR count). The van der Waals surface area contributed by atoms with Gasteiger partial charge in [0.2, 0.25) is 5.76 Å².